The molecule has 1 heterocycles. The maximum absolute atomic E-state index is 12.5. The quantitative estimate of drug-likeness (QED) is 0.196. The summed E-state index contributed by atoms with van der Waals surface area (Å²) in [7, 11) is 0. The summed E-state index contributed by atoms with van der Waals surface area (Å²) in [5.41, 5.74) is 8.81. The number of hydrazone groups is 1. The highest BCUT2D eigenvalue weighted by atomic mass is 32.2. The predicted octanol–water partition coefficient (Wildman–Crippen LogP) is 6.69. The lowest BCUT2D eigenvalue weighted by atomic mass is 10.1. The van der Waals surface area contributed by atoms with Gasteiger partial charge in [0.15, 0.2) is 4.38 Å². The standard InChI is InChI=1S/C24H23N3OS3/c1-17-9-8-10-18(2)22(17)25-26-23(29-15-19-11-4-3-5-12-19)30-16-27-20-13-6-7-14-21(20)31-24(27)28/h3-14,25H,15-16H2,1-2H3/b26-23+. The second-order valence-electron chi connectivity index (χ2n) is 7.07. The van der Waals surface area contributed by atoms with Gasteiger partial charge >= 0.3 is 4.87 Å². The number of thiazole rings is 1. The number of hydrogen-bond acceptors (Lipinski definition) is 6. The molecule has 1 aromatic heterocycles. The largest absolute Gasteiger partial charge is 0.308 e. The Hall–Kier alpha value is -2.48. The van der Waals surface area contributed by atoms with Crippen molar-refractivity contribution in [1.82, 2.24) is 4.57 Å². The molecule has 0 aliphatic heterocycles. The Bertz CT molecular complexity index is 1240. The van der Waals surface area contributed by atoms with Gasteiger partial charge in [0.2, 0.25) is 0 Å². The van der Waals surface area contributed by atoms with Crippen molar-refractivity contribution in [2.45, 2.75) is 25.5 Å². The van der Waals surface area contributed by atoms with Crippen LogP contribution < -0.4 is 10.3 Å². The van der Waals surface area contributed by atoms with Crippen LogP contribution in [0, 0.1) is 13.8 Å². The normalized spacial score (nSPS) is 11.7. The second-order valence-corrected chi connectivity index (χ2v) is 10.2. The molecule has 0 aliphatic rings. The molecule has 7 heteroatoms. The number of hydrogen-bond donors (Lipinski definition) is 1. The molecule has 3 aromatic carbocycles. The van der Waals surface area contributed by atoms with Gasteiger partial charge in [-0.15, -0.1) is 0 Å². The number of para-hydroxylation sites is 2. The molecular formula is C24H23N3OS3. The van der Waals surface area contributed by atoms with E-state index < -0.39 is 0 Å². The Kier molecular flexibility index (Phi) is 7.17. The monoisotopic (exact) mass is 465 g/mol. The lowest BCUT2D eigenvalue weighted by Crippen LogP contribution is -2.12. The van der Waals surface area contributed by atoms with Crippen LogP contribution in [0.3, 0.4) is 0 Å². The molecular weight excluding hydrogens is 442 g/mol. The van der Waals surface area contributed by atoms with Gasteiger partial charge in [0.25, 0.3) is 0 Å². The molecule has 0 radical (unpaired) electrons. The van der Waals surface area contributed by atoms with Gasteiger partial charge in [-0.3, -0.25) is 14.8 Å². The van der Waals surface area contributed by atoms with Crippen molar-refractivity contribution in [1.29, 1.82) is 0 Å². The zero-order valence-electron chi connectivity index (χ0n) is 17.4. The van der Waals surface area contributed by atoms with Crippen LogP contribution in [0.2, 0.25) is 0 Å². The number of thioether (sulfide) groups is 2. The van der Waals surface area contributed by atoms with Crippen LogP contribution in [0.5, 0.6) is 0 Å². The van der Waals surface area contributed by atoms with Gasteiger partial charge in [-0.2, -0.15) is 5.10 Å². The molecule has 0 fully saturated rings. The fraction of sp³-hybridized carbons (Fsp3) is 0.167. The van der Waals surface area contributed by atoms with Gasteiger partial charge in [-0.1, -0.05) is 95.5 Å². The molecule has 0 bridgehead atoms. The Morgan fingerprint density at radius 3 is 2.42 bits per heavy atom. The van der Waals surface area contributed by atoms with Crippen molar-refractivity contribution in [3.05, 3.63) is 99.2 Å². The zero-order valence-corrected chi connectivity index (χ0v) is 19.8. The smallest absolute Gasteiger partial charge is 0.288 e. The van der Waals surface area contributed by atoms with Crippen LogP contribution in [0.15, 0.2) is 82.7 Å². The van der Waals surface area contributed by atoms with E-state index in [2.05, 4.69) is 43.5 Å². The molecule has 0 aliphatic carbocycles. The van der Waals surface area contributed by atoms with E-state index in [9.17, 15) is 4.79 Å². The summed E-state index contributed by atoms with van der Waals surface area (Å²) in [6.45, 7) is 4.15. The lowest BCUT2D eigenvalue weighted by molar-refractivity contribution is 0.917. The fourth-order valence-corrected chi connectivity index (χ4v) is 6.01. The molecule has 4 rings (SSSR count). The molecule has 4 aromatic rings. The third-order valence-electron chi connectivity index (χ3n) is 4.84. The summed E-state index contributed by atoms with van der Waals surface area (Å²) < 4.78 is 3.73. The zero-order chi connectivity index (χ0) is 21.6. The molecule has 0 saturated heterocycles. The Morgan fingerprint density at radius 2 is 1.65 bits per heavy atom. The SMILES string of the molecule is Cc1cccc(C)c1N/N=C(\SCc1ccccc1)SCn1c(=O)sc2ccccc21. The van der Waals surface area contributed by atoms with Gasteiger partial charge in [0.05, 0.1) is 21.8 Å². The summed E-state index contributed by atoms with van der Waals surface area (Å²) in [6, 6.07) is 24.5. The van der Waals surface area contributed by atoms with Crippen LogP contribution in [-0.4, -0.2) is 8.94 Å². The van der Waals surface area contributed by atoms with Gasteiger partial charge < -0.3 is 0 Å². The minimum atomic E-state index is 0.0591. The van der Waals surface area contributed by atoms with Gasteiger partial charge in [-0.05, 0) is 42.7 Å². The maximum Gasteiger partial charge on any atom is 0.308 e. The minimum Gasteiger partial charge on any atom is -0.288 e. The van der Waals surface area contributed by atoms with Crippen LogP contribution in [-0.2, 0) is 11.6 Å². The molecule has 4 nitrogen and oxygen atoms in total. The van der Waals surface area contributed by atoms with Gasteiger partial charge in [-0.25, -0.2) is 0 Å². The minimum absolute atomic E-state index is 0.0591. The highest BCUT2D eigenvalue weighted by Crippen LogP contribution is 2.26. The van der Waals surface area contributed by atoms with E-state index in [1.54, 1.807) is 23.5 Å². The van der Waals surface area contributed by atoms with Gasteiger partial charge in [0, 0.05) is 5.75 Å². The second kappa shape index (κ2) is 10.2. The average Bonchev–Trinajstić information content (AvgIpc) is 3.10. The van der Waals surface area contributed by atoms with E-state index in [0.717, 1.165) is 37.2 Å². The third-order valence-corrected chi connectivity index (χ3v) is 8.04. The fourth-order valence-electron chi connectivity index (χ4n) is 3.17. The summed E-state index contributed by atoms with van der Waals surface area (Å²) >= 11 is 4.54. The van der Waals surface area contributed by atoms with Crippen LogP contribution in [0.25, 0.3) is 10.2 Å². The van der Waals surface area contributed by atoms with Crippen molar-refractivity contribution in [2.24, 2.45) is 5.10 Å². The summed E-state index contributed by atoms with van der Waals surface area (Å²) in [5, 5.41) is 4.72. The number of rotatable bonds is 6. The number of nitrogens with zero attached hydrogens (tertiary/aromatic N) is 2. The van der Waals surface area contributed by atoms with Crippen LogP contribution in [0.1, 0.15) is 16.7 Å². The van der Waals surface area contributed by atoms with Gasteiger partial charge in [0.1, 0.15) is 0 Å². The molecule has 158 valence electrons. The Morgan fingerprint density at radius 1 is 0.935 bits per heavy atom. The van der Waals surface area contributed by atoms with E-state index in [0.29, 0.717) is 5.88 Å². The highest BCUT2D eigenvalue weighted by molar-refractivity contribution is 8.38. The van der Waals surface area contributed by atoms with E-state index in [-0.39, 0.29) is 4.87 Å². The number of nitrogens with one attached hydrogen (secondary N) is 1. The van der Waals surface area contributed by atoms with E-state index >= 15 is 0 Å². The summed E-state index contributed by atoms with van der Waals surface area (Å²) in [4.78, 5) is 12.6. The number of anilines is 1. The van der Waals surface area contributed by atoms with Crippen LogP contribution >= 0.6 is 34.9 Å². The van der Waals surface area contributed by atoms with Crippen molar-refractivity contribution in [3.63, 3.8) is 0 Å². The summed E-state index contributed by atoms with van der Waals surface area (Å²) in [5.74, 6) is 1.35. The van der Waals surface area contributed by atoms with E-state index in [1.165, 1.54) is 16.9 Å². The Balaban J connectivity index is 1.55. The number of aryl methyl sites for hydroxylation is 2. The molecule has 0 saturated carbocycles. The predicted molar refractivity (Wildman–Crippen MR) is 138 cm³/mol. The van der Waals surface area contributed by atoms with Crippen molar-refractivity contribution >= 4 is 55.1 Å². The number of fused-ring (bicyclic) bond motifs is 1. The van der Waals surface area contributed by atoms with Crippen LogP contribution in [0.4, 0.5) is 5.69 Å². The summed E-state index contributed by atoms with van der Waals surface area (Å²) in [6.07, 6.45) is 0. The average molecular weight is 466 g/mol. The van der Waals surface area contributed by atoms with Crippen molar-refractivity contribution < 1.29 is 0 Å². The highest BCUT2D eigenvalue weighted by Gasteiger charge is 2.10. The number of aromatic nitrogens is 1. The molecule has 0 amide bonds. The molecule has 31 heavy (non-hydrogen) atoms. The van der Waals surface area contributed by atoms with Crippen molar-refractivity contribution in [3.8, 4) is 0 Å². The Labute approximate surface area is 194 Å². The number of benzene rings is 3. The maximum atomic E-state index is 12.5. The first-order valence-electron chi connectivity index (χ1n) is 9.89. The first-order valence-corrected chi connectivity index (χ1v) is 12.7. The molecule has 0 unspecified atom stereocenters. The molecule has 0 atom stereocenters. The first-order chi connectivity index (χ1) is 15.1. The topological polar surface area (TPSA) is 46.4 Å². The lowest BCUT2D eigenvalue weighted by Gasteiger charge is -2.11. The van der Waals surface area contributed by atoms with E-state index in [1.807, 2.05) is 53.1 Å². The van der Waals surface area contributed by atoms with Crippen molar-refractivity contribution in [2.75, 3.05) is 5.43 Å². The molecule has 0 spiro atoms. The third kappa shape index (κ3) is 5.42. The first kappa shape index (κ1) is 21.7. The molecule has 1 N–H and O–H groups in total. The van der Waals surface area contributed by atoms with E-state index in [4.69, 9.17) is 5.10 Å².